The first-order valence-corrected chi connectivity index (χ1v) is 5.22. The molecule has 0 aromatic heterocycles. The van der Waals surface area contributed by atoms with Gasteiger partial charge in [0, 0.05) is 12.1 Å². The summed E-state index contributed by atoms with van der Waals surface area (Å²) in [7, 11) is 0. The molecule has 1 aliphatic rings. The first-order chi connectivity index (χ1) is 7.97. The van der Waals surface area contributed by atoms with Crippen LogP contribution in [0.5, 0.6) is 0 Å². The van der Waals surface area contributed by atoms with Crippen molar-refractivity contribution >= 4 is 5.97 Å². The molecule has 2 rings (SSSR count). The fourth-order valence-corrected chi connectivity index (χ4v) is 1.96. The predicted molar refractivity (Wildman–Crippen MR) is 60.2 cm³/mol. The van der Waals surface area contributed by atoms with Gasteiger partial charge in [-0.05, 0) is 0 Å². The van der Waals surface area contributed by atoms with E-state index >= 15 is 0 Å². The van der Waals surface area contributed by atoms with Gasteiger partial charge < -0.3 is 15.5 Å². The van der Waals surface area contributed by atoms with E-state index in [2.05, 4.69) is 0 Å². The van der Waals surface area contributed by atoms with Gasteiger partial charge in [0.05, 0.1) is 19.8 Å². The van der Waals surface area contributed by atoms with E-state index < -0.39 is 11.6 Å². The van der Waals surface area contributed by atoms with Crippen molar-refractivity contribution in [2.24, 2.45) is 0 Å². The van der Waals surface area contributed by atoms with E-state index in [0.717, 1.165) is 0 Å². The molecule has 1 N–H and O–H groups in total. The summed E-state index contributed by atoms with van der Waals surface area (Å²) in [6.07, 6.45) is -0.244. The van der Waals surface area contributed by atoms with Crippen LogP contribution in [0.15, 0.2) is 24.3 Å². The number of nitrogens with zero attached hydrogens (tertiary/aromatic N) is 2. The van der Waals surface area contributed by atoms with Gasteiger partial charge in [-0.15, -0.1) is 9.48 Å². The zero-order valence-corrected chi connectivity index (χ0v) is 9.29. The van der Waals surface area contributed by atoms with Crippen LogP contribution in [-0.2, 0) is 4.79 Å². The quantitative estimate of drug-likeness (QED) is 0.553. The van der Waals surface area contributed by atoms with Gasteiger partial charge in [-0.2, -0.15) is 0 Å². The van der Waals surface area contributed by atoms with Gasteiger partial charge in [0.1, 0.15) is 0 Å². The molecular formula is C11H12N2O4. The van der Waals surface area contributed by atoms with Crippen molar-refractivity contribution in [2.75, 3.05) is 0 Å². The van der Waals surface area contributed by atoms with Gasteiger partial charge in [0.15, 0.2) is 0 Å². The van der Waals surface area contributed by atoms with Crippen LogP contribution in [0.1, 0.15) is 19.8 Å². The minimum Gasteiger partial charge on any atom is -0.618 e. The van der Waals surface area contributed by atoms with Crippen LogP contribution < -0.4 is 20.2 Å². The van der Waals surface area contributed by atoms with Gasteiger partial charge in [0.25, 0.3) is 10.7 Å². The number of carbonyl (C=O) groups is 1. The summed E-state index contributed by atoms with van der Waals surface area (Å²) >= 11 is 0. The van der Waals surface area contributed by atoms with Crippen molar-refractivity contribution in [3.63, 3.8) is 0 Å². The second kappa shape index (κ2) is 3.73. The molecule has 1 heterocycles. The molecule has 0 bridgehead atoms. The van der Waals surface area contributed by atoms with Gasteiger partial charge in [-0.3, -0.25) is 4.79 Å². The molecule has 17 heavy (non-hydrogen) atoms. The van der Waals surface area contributed by atoms with E-state index in [1.807, 2.05) is 0 Å². The molecule has 0 aliphatic carbocycles. The number of hydrogen-bond acceptors (Lipinski definition) is 3. The average Bonchev–Trinajstić information content (AvgIpc) is 2.51. The third-order valence-electron chi connectivity index (χ3n) is 3.01. The van der Waals surface area contributed by atoms with Crippen LogP contribution in [0.25, 0.3) is 0 Å². The molecule has 0 fully saturated rings. The normalized spacial score (nSPS) is 17.0. The first-order valence-electron chi connectivity index (χ1n) is 5.22. The van der Waals surface area contributed by atoms with Crippen molar-refractivity contribution in [1.82, 2.24) is 9.48 Å². The second-order valence-corrected chi connectivity index (χ2v) is 4.19. The third kappa shape index (κ3) is 1.61. The molecule has 0 spiro atoms. The molecule has 1 aliphatic heterocycles. The first kappa shape index (κ1) is 11.4. The van der Waals surface area contributed by atoms with E-state index in [1.165, 1.54) is 6.92 Å². The van der Waals surface area contributed by atoms with E-state index in [-0.39, 0.29) is 23.6 Å². The van der Waals surface area contributed by atoms with Gasteiger partial charge in [0.2, 0.25) is 0 Å². The van der Waals surface area contributed by atoms with Crippen LogP contribution in [0.2, 0.25) is 0 Å². The summed E-state index contributed by atoms with van der Waals surface area (Å²) in [6, 6.07) is 6.44. The Bertz CT molecular complexity index is 553. The third-order valence-corrected chi connectivity index (χ3v) is 3.01. The van der Waals surface area contributed by atoms with Crippen LogP contribution in [0, 0.1) is 10.4 Å². The Kier molecular flexibility index (Phi) is 2.49. The zero-order chi connectivity index (χ0) is 12.6. The molecule has 0 radical (unpaired) electrons. The highest BCUT2D eigenvalue weighted by Gasteiger charge is 2.47. The van der Waals surface area contributed by atoms with Crippen molar-refractivity contribution in [1.29, 1.82) is 0 Å². The standard InChI is InChI=1S/C11H12N2O4/c1-11(7-6-10(14)15)12(16)8-4-2-3-5-9(8)13(11)17/h2-5H,6-7H2,1H3,(H,14,15). The summed E-state index contributed by atoms with van der Waals surface area (Å²) in [5, 5.41) is 33.3. The molecule has 90 valence electrons. The lowest BCUT2D eigenvalue weighted by Crippen LogP contribution is -2.49. The van der Waals surface area contributed by atoms with Crippen LogP contribution >= 0.6 is 0 Å². The molecule has 0 amide bonds. The number of aliphatic carboxylic acids is 1. The maximum atomic E-state index is 12.0. The van der Waals surface area contributed by atoms with Crippen LogP contribution in [-0.4, -0.2) is 16.7 Å². The molecule has 6 nitrogen and oxygen atoms in total. The minimum absolute atomic E-state index is 0.0238. The Morgan fingerprint density at radius 1 is 1.29 bits per heavy atom. The monoisotopic (exact) mass is 236 g/mol. The number of hydroxylamine groups is 2. The summed E-state index contributed by atoms with van der Waals surface area (Å²) in [4.78, 5) is 10.5. The maximum absolute atomic E-state index is 12.0. The lowest BCUT2D eigenvalue weighted by molar-refractivity contribution is -0.137. The smallest absolute Gasteiger partial charge is 0.369 e. The Morgan fingerprint density at radius 2 is 1.76 bits per heavy atom. The van der Waals surface area contributed by atoms with E-state index in [4.69, 9.17) is 5.11 Å². The molecule has 0 saturated heterocycles. The van der Waals surface area contributed by atoms with E-state index in [0.29, 0.717) is 9.48 Å². The highest BCUT2D eigenvalue weighted by Crippen LogP contribution is 2.15. The number of fused-ring (bicyclic) bond motifs is 1. The zero-order valence-electron chi connectivity index (χ0n) is 9.29. The van der Waals surface area contributed by atoms with E-state index in [9.17, 15) is 15.2 Å². The summed E-state index contributed by atoms with van der Waals surface area (Å²) in [5.74, 6) is -1.02. The Hall–Kier alpha value is -2.11. The highest BCUT2D eigenvalue weighted by atomic mass is 16.5. The van der Waals surface area contributed by atoms with E-state index in [1.54, 1.807) is 24.3 Å². The fourth-order valence-electron chi connectivity index (χ4n) is 1.96. The Balaban J connectivity index is 2.54. The number of rotatable bonds is 3. The number of para-hydroxylation sites is 2. The fraction of sp³-hybridized carbons (Fsp3) is 0.364. The lowest BCUT2D eigenvalue weighted by atomic mass is 10.1. The molecule has 0 atom stereocenters. The predicted octanol–water partition coefficient (Wildman–Crippen LogP) is -0.741. The number of carboxylic acid groups (broad SMARTS) is 1. The van der Waals surface area contributed by atoms with Gasteiger partial charge in [-0.25, -0.2) is 0 Å². The largest absolute Gasteiger partial charge is 0.618 e. The topological polar surface area (TPSA) is 89.4 Å². The number of benzene rings is 1. The number of carboxylic acids is 1. The average molecular weight is 236 g/mol. The summed E-state index contributed by atoms with van der Waals surface area (Å²) in [5.41, 5.74) is -1.37. The van der Waals surface area contributed by atoms with Crippen LogP contribution in [0.3, 0.4) is 0 Å². The summed E-state index contributed by atoms with van der Waals surface area (Å²) < 4.78 is 1.19. The molecular weight excluding hydrogens is 224 g/mol. The SMILES string of the molecule is CC1(CCC(=O)O)[N+]([O-])=c2ccccc2=[N+]1[O-]. The van der Waals surface area contributed by atoms with Crippen molar-refractivity contribution < 1.29 is 9.90 Å². The Morgan fingerprint density at radius 3 is 2.18 bits per heavy atom. The van der Waals surface area contributed by atoms with Crippen molar-refractivity contribution in [2.45, 2.75) is 25.4 Å². The highest BCUT2D eigenvalue weighted by molar-refractivity contribution is 5.66. The molecule has 6 heteroatoms. The lowest BCUT2D eigenvalue weighted by Gasteiger charge is -2.21. The molecule has 0 unspecified atom stereocenters. The summed E-state index contributed by atoms with van der Waals surface area (Å²) in [6.45, 7) is 1.45. The van der Waals surface area contributed by atoms with Crippen LogP contribution in [0.4, 0.5) is 0 Å². The second-order valence-electron chi connectivity index (χ2n) is 4.19. The number of hydrogen-bond donors (Lipinski definition) is 1. The maximum Gasteiger partial charge on any atom is 0.369 e. The Labute approximate surface area is 96.9 Å². The van der Waals surface area contributed by atoms with Gasteiger partial charge in [-0.1, -0.05) is 12.1 Å². The van der Waals surface area contributed by atoms with Crippen molar-refractivity contribution in [3.8, 4) is 0 Å². The molecule has 1 aromatic carbocycles. The minimum atomic E-state index is -1.37. The molecule has 0 saturated carbocycles. The molecule has 1 aromatic rings. The van der Waals surface area contributed by atoms with Crippen molar-refractivity contribution in [3.05, 3.63) is 45.4 Å². The van der Waals surface area contributed by atoms with Gasteiger partial charge >= 0.3 is 11.6 Å².